The zero-order valence-electron chi connectivity index (χ0n) is 14.3. The van der Waals surface area contributed by atoms with Crippen LogP contribution in [0, 0.1) is 11.8 Å². The molecule has 0 bridgehead atoms. The lowest BCUT2D eigenvalue weighted by molar-refractivity contribution is 0.0282. The van der Waals surface area contributed by atoms with Crippen LogP contribution in [0.15, 0.2) is 18.2 Å². The second kappa shape index (κ2) is 6.28. The monoisotopic (exact) mass is 350 g/mol. The van der Waals surface area contributed by atoms with Gasteiger partial charge >= 0.3 is 6.09 Å². The molecule has 24 heavy (non-hydrogen) atoms. The van der Waals surface area contributed by atoms with E-state index in [1.165, 1.54) is 0 Å². The standard InChI is InChI=1S/C18H23ClN2O3/c1-18(2,3)24-17(23)21-9-13-7-20(8-14(13)10-21)16-6-12(11-22)4-5-15(16)19/h4-6,11,13-14H,7-10H2,1-3H3. The predicted octanol–water partition coefficient (Wildman–Crippen LogP) is 3.46. The van der Waals surface area contributed by atoms with Crippen molar-refractivity contribution in [2.24, 2.45) is 11.8 Å². The summed E-state index contributed by atoms with van der Waals surface area (Å²) >= 11 is 6.30. The third-order valence-corrected chi connectivity index (χ3v) is 4.90. The topological polar surface area (TPSA) is 49.9 Å². The Balaban J connectivity index is 1.65. The number of likely N-dealkylation sites (tertiary alicyclic amines) is 1. The number of benzene rings is 1. The largest absolute Gasteiger partial charge is 0.444 e. The zero-order valence-corrected chi connectivity index (χ0v) is 15.0. The predicted molar refractivity (Wildman–Crippen MR) is 93.8 cm³/mol. The second-order valence-corrected chi connectivity index (χ2v) is 8.05. The molecular formula is C18H23ClN2O3. The lowest BCUT2D eigenvalue weighted by Crippen LogP contribution is -2.37. The van der Waals surface area contributed by atoms with Gasteiger partial charge in [0.05, 0.1) is 10.7 Å². The molecule has 2 unspecified atom stereocenters. The van der Waals surface area contributed by atoms with E-state index in [9.17, 15) is 9.59 Å². The molecule has 1 aromatic rings. The number of carbonyl (C=O) groups excluding carboxylic acids is 2. The van der Waals surface area contributed by atoms with Gasteiger partial charge in [0.2, 0.25) is 0 Å². The Labute approximate surface area is 147 Å². The molecule has 2 aliphatic rings. The first kappa shape index (κ1) is 17.1. The molecule has 2 saturated heterocycles. The highest BCUT2D eigenvalue weighted by Crippen LogP contribution is 2.37. The van der Waals surface area contributed by atoms with E-state index in [1.54, 1.807) is 17.0 Å². The maximum atomic E-state index is 12.2. The molecule has 2 atom stereocenters. The molecule has 0 radical (unpaired) electrons. The van der Waals surface area contributed by atoms with Gasteiger partial charge in [-0.25, -0.2) is 4.79 Å². The molecule has 1 amide bonds. The van der Waals surface area contributed by atoms with Crippen molar-refractivity contribution in [3.05, 3.63) is 28.8 Å². The van der Waals surface area contributed by atoms with E-state index in [0.29, 0.717) is 35.5 Å². The SMILES string of the molecule is CC(C)(C)OC(=O)N1CC2CN(c3cc(C=O)ccc3Cl)CC2C1. The van der Waals surface area contributed by atoms with Gasteiger partial charge in [-0.15, -0.1) is 0 Å². The van der Waals surface area contributed by atoms with Gasteiger partial charge < -0.3 is 14.5 Å². The van der Waals surface area contributed by atoms with Crippen molar-refractivity contribution in [2.75, 3.05) is 31.1 Å². The molecule has 6 heteroatoms. The van der Waals surface area contributed by atoms with Gasteiger partial charge in [0.25, 0.3) is 0 Å². The van der Waals surface area contributed by atoms with Crippen molar-refractivity contribution in [3.8, 4) is 0 Å². The molecule has 0 saturated carbocycles. The lowest BCUT2D eigenvalue weighted by Gasteiger charge is -2.27. The summed E-state index contributed by atoms with van der Waals surface area (Å²) < 4.78 is 5.46. The molecule has 3 rings (SSSR count). The van der Waals surface area contributed by atoms with E-state index < -0.39 is 5.60 Å². The van der Waals surface area contributed by atoms with E-state index in [4.69, 9.17) is 16.3 Å². The lowest BCUT2D eigenvalue weighted by atomic mass is 10.0. The highest BCUT2D eigenvalue weighted by Gasteiger charge is 2.43. The first-order valence-corrected chi connectivity index (χ1v) is 8.62. The Morgan fingerprint density at radius 3 is 2.38 bits per heavy atom. The molecule has 130 valence electrons. The second-order valence-electron chi connectivity index (χ2n) is 7.64. The zero-order chi connectivity index (χ0) is 17.5. The number of carbonyl (C=O) groups is 2. The fourth-order valence-electron chi connectivity index (χ4n) is 3.51. The van der Waals surface area contributed by atoms with Gasteiger partial charge in [-0.3, -0.25) is 4.79 Å². The number of rotatable bonds is 2. The molecule has 2 heterocycles. The summed E-state index contributed by atoms with van der Waals surface area (Å²) in [5.41, 5.74) is 1.06. The van der Waals surface area contributed by atoms with Crippen molar-refractivity contribution in [1.29, 1.82) is 0 Å². The van der Waals surface area contributed by atoms with Crippen molar-refractivity contribution >= 4 is 29.7 Å². The summed E-state index contributed by atoms with van der Waals surface area (Å²) in [6.45, 7) is 8.74. The van der Waals surface area contributed by atoms with Crippen LogP contribution in [0.5, 0.6) is 0 Å². The van der Waals surface area contributed by atoms with Crippen LogP contribution in [0.25, 0.3) is 0 Å². The number of amides is 1. The minimum Gasteiger partial charge on any atom is -0.444 e. The summed E-state index contributed by atoms with van der Waals surface area (Å²) in [5, 5.41) is 0.657. The fourth-order valence-corrected chi connectivity index (χ4v) is 3.75. The van der Waals surface area contributed by atoms with Gasteiger partial charge in [0.15, 0.2) is 0 Å². The Morgan fingerprint density at radius 2 is 1.83 bits per heavy atom. The average Bonchev–Trinajstić information content (AvgIpc) is 3.04. The Morgan fingerprint density at radius 1 is 1.21 bits per heavy atom. The van der Waals surface area contributed by atoms with Gasteiger partial charge in [0.1, 0.15) is 11.9 Å². The minimum absolute atomic E-state index is 0.232. The molecule has 0 N–H and O–H groups in total. The number of fused-ring (bicyclic) bond motifs is 1. The molecule has 0 aliphatic carbocycles. The molecule has 5 nitrogen and oxygen atoms in total. The molecule has 0 aromatic heterocycles. The number of halogens is 1. The van der Waals surface area contributed by atoms with Crippen molar-refractivity contribution in [1.82, 2.24) is 4.90 Å². The Bertz CT molecular complexity index is 642. The van der Waals surface area contributed by atoms with Crippen LogP contribution < -0.4 is 4.90 Å². The fraction of sp³-hybridized carbons (Fsp3) is 0.556. The number of anilines is 1. The van der Waals surface area contributed by atoms with E-state index in [-0.39, 0.29) is 6.09 Å². The van der Waals surface area contributed by atoms with E-state index in [0.717, 1.165) is 25.1 Å². The van der Waals surface area contributed by atoms with E-state index >= 15 is 0 Å². The Hall–Kier alpha value is -1.75. The number of aldehydes is 1. The third-order valence-electron chi connectivity index (χ3n) is 4.58. The van der Waals surface area contributed by atoms with Crippen LogP contribution >= 0.6 is 11.6 Å². The molecule has 2 aliphatic heterocycles. The summed E-state index contributed by atoms with van der Waals surface area (Å²) in [5.74, 6) is 0.821. The van der Waals surface area contributed by atoms with Crippen LogP contribution in [0.2, 0.25) is 5.02 Å². The molecular weight excluding hydrogens is 328 g/mol. The maximum absolute atomic E-state index is 12.2. The van der Waals surface area contributed by atoms with Crippen LogP contribution in [0.1, 0.15) is 31.1 Å². The van der Waals surface area contributed by atoms with Gasteiger partial charge in [-0.1, -0.05) is 17.7 Å². The van der Waals surface area contributed by atoms with Gasteiger partial charge in [-0.2, -0.15) is 0 Å². The van der Waals surface area contributed by atoms with Crippen molar-refractivity contribution in [2.45, 2.75) is 26.4 Å². The highest BCUT2D eigenvalue weighted by atomic mass is 35.5. The Kier molecular flexibility index (Phi) is 4.47. The summed E-state index contributed by atoms with van der Waals surface area (Å²) in [6.07, 6.45) is 0.602. The summed E-state index contributed by atoms with van der Waals surface area (Å²) in [4.78, 5) is 27.2. The van der Waals surface area contributed by atoms with E-state index in [1.807, 2.05) is 26.8 Å². The first-order valence-electron chi connectivity index (χ1n) is 8.24. The number of hydrogen-bond acceptors (Lipinski definition) is 4. The summed E-state index contributed by atoms with van der Waals surface area (Å²) in [7, 11) is 0. The molecule has 0 spiro atoms. The van der Waals surface area contributed by atoms with Crippen LogP contribution in [0.4, 0.5) is 10.5 Å². The average molecular weight is 351 g/mol. The van der Waals surface area contributed by atoms with Crippen LogP contribution in [-0.2, 0) is 4.74 Å². The molecule has 1 aromatic carbocycles. The number of nitrogens with zero attached hydrogens (tertiary/aromatic N) is 2. The van der Waals surface area contributed by atoms with Gasteiger partial charge in [0, 0.05) is 43.6 Å². The van der Waals surface area contributed by atoms with Crippen molar-refractivity contribution in [3.63, 3.8) is 0 Å². The van der Waals surface area contributed by atoms with Crippen LogP contribution in [-0.4, -0.2) is 49.1 Å². The van der Waals surface area contributed by atoms with Gasteiger partial charge in [-0.05, 0) is 32.9 Å². The van der Waals surface area contributed by atoms with Crippen LogP contribution in [0.3, 0.4) is 0 Å². The molecule has 2 fully saturated rings. The van der Waals surface area contributed by atoms with Crippen molar-refractivity contribution < 1.29 is 14.3 Å². The van der Waals surface area contributed by atoms with E-state index in [2.05, 4.69) is 4.90 Å². The third kappa shape index (κ3) is 3.51. The maximum Gasteiger partial charge on any atom is 0.410 e. The quantitative estimate of drug-likeness (QED) is 0.766. The number of ether oxygens (including phenoxy) is 1. The summed E-state index contributed by atoms with van der Waals surface area (Å²) in [6, 6.07) is 5.32. The first-order chi connectivity index (χ1) is 11.3. The smallest absolute Gasteiger partial charge is 0.410 e. The number of hydrogen-bond donors (Lipinski definition) is 0. The highest BCUT2D eigenvalue weighted by molar-refractivity contribution is 6.33. The normalized spacial score (nSPS) is 23.3. The minimum atomic E-state index is -0.469.